The summed E-state index contributed by atoms with van der Waals surface area (Å²) in [5, 5.41) is 33.0. The molecule has 1 N–H and O–H groups in total. The summed E-state index contributed by atoms with van der Waals surface area (Å²) in [4.78, 5) is 15.0. The van der Waals surface area contributed by atoms with Crippen molar-refractivity contribution in [2.75, 3.05) is 0 Å². The number of nitrogens with zero attached hydrogens (tertiary/aromatic N) is 4. The highest BCUT2D eigenvalue weighted by Gasteiger charge is 2.15. The van der Waals surface area contributed by atoms with E-state index in [1.54, 1.807) is 36.4 Å². The molecule has 0 fully saturated rings. The normalized spacial score (nSPS) is 11.6. The van der Waals surface area contributed by atoms with E-state index < -0.39 is 4.92 Å². The average Bonchev–Trinajstić information content (AvgIpc) is 2.79. The highest BCUT2D eigenvalue weighted by molar-refractivity contribution is 6.35. The lowest BCUT2D eigenvalue weighted by Crippen LogP contribution is -1.90. The Kier molecular flexibility index (Phi) is 6.55. The first-order valence-electron chi connectivity index (χ1n) is 9.43. The van der Waals surface area contributed by atoms with Crippen molar-refractivity contribution in [2.45, 2.75) is 0 Å². The Bertz CT molecular complexity index is 1450. The Morgan fingerprint density at radius 1 is 0.848 bits per heavy atom. The highest BCUT2D eigenvalue weighted by atomic mass is 35.5. The molecule has 0 bridgehead atoms. The first kappa shape index (κ1) is 22.7. The van der Waals surface area contributed by atoms with Crippen LogP contribution in [-0.4, -0.2) is 16.2 Å². The van der Waals surface area contributed by atoms with E-state index in [1.165, 1.54) is 24.4 Å². The molecule has 0 aliphatic carbocycles. The molecule has 0 amide bonds. The Hall–Kier alpha value is -3.52. The third-order valence-corrected chi connectivity index (χ3v) is 5.47. The molecule has 0 aliphatic rings. The minimum Gasteiger partial charge on any atom is -0.505 e. The molecule has 0 radical (unpaired) electrons. The van der Waals surface area contributed by atoms with E-state index >= 15 is 0 Å². The van der Waals surface area contributed by atoms with Gasteiger partial charge in [-0.1, -0.05) is 59.1 Å². The van der Waals surface area contributed by atoms with Crippen LogP contribution in [-0.2, 0) is 0 Å². The number of phenolic OH excluding ortho intramolecular Hbond substituents is 1. The van der Waals surface area contributed by atoms with Crippen LogP contribution >= 0.6 is 34.8 Å². The van der Waals surface area contributed by atoms with Crippen molar-refractivity contribution >= 4 is 74.5 Å². The van der Waals surface area contributed by atoms with Gasteiger partial charge in [0.15, 0.2) is 5.75 Å². The van der Waals surface area contributed by atoms with Gasteiger partial charge in [-0.2, -0.15) is 0 Å². The molecular weight excluding hydrogens is 487 g/mol. The molecule has 0 aromatic heterocycles. The van der Waals surface area contributed by atoms with E-state index in [0.29, 0.717) is 26.7 Å². The predicted molar refractivity (Wildman–Crippen MR) is 132 cm³/mol. The lowest BCUT2D eigenvalue weighted by atomic mass is 10.0. The van der Waals surface area contributed by atoms with Crippen molar-refractivity contribution in [1.29, 1.82) is 0 Å². The third kappa shape index (κ3) is 4.96. The molecule has 164 valence electrons. The van der Waals surface area contributed by atoms with E-state index in [9.17, 15) is 15.2 Å². The summed E-state index contributed by atoms with van der Waals surface area (Å²) in [6, 6.07) is 17.8. The fourth-order valence-corrected chi connectivity index (χ4v) is 3.60. The van der Waals surface area contributed by atoms with Crippen LogP contribution in [0.15, 0.2) is 82.0 Å². The smallest absolute Gasteiger partial charge is 0.296 e. The molecule has 7 nitrogen and oxygen atoms in total. The van der Waals surface area contributed by atoms with Gasteiger partial charge in [-0.15, -0.1) is 10.2 Å². The number of phenols is 1. The lowest BCUT2D eigenvalue weighted by molar-refractivity contribution is -0.384. The van der Waals surface area contributed by atoms with Crippen molar-refractivity contribution in [3.63, 3.8) is 0 Å². The number of nitro benzene ring substituents is 1. The van der Waals surface area contributed by atoms with Crippen molar-refractivity contribution in [3.05, 3.63) is 97.5 Å². The predicted octanol–water partition coefficient (Wildman–Crippen LogP) is 8.58. The van der Waals surface area contributed by atoms with Gasteiger partial charge in [0.05, 0.1) is 9.95 Å². The van der Waals surface area contributed by atoms with Crippen LogP contribution < -0.4 is 0 Å². The molecule has 4 rings (SSSR count). The average molecular weight is 500 g/mol. The number of azo groups is 1. The number of nitro groups is 1. The number of fused-ring (bicyclic) bond motifs is 1. The number of aromatic hydroxyl groups is 1. The summed E-state index contributed by atoms with van der Waals surface area (Å²) in [5.74, 6) is -0.198. The van der Waals surface area contributed by atoms with Gasteiger partial charge in [-0.3, -0.25) is 10.1 Å². The summed E-state index contributed by atoms with van der Waals surface area (Å²) in [6.45, 7) is 0. The zero-order chi connectivity index (χ0) is 23.5. The SMILES string of the molecule is O=[N+]([O-])c1cc(Cl)ccc1N=Cc1c(O)c(N=Nc2cc(Cl)ccc2Cl)cc2ccccc12. The van der Waals surface area contributed by atoms with Crippen molar-refractivity contribution < 1.29 is 10.0 Å². The van der Waals surface area contributed by atoms with Crippen molar-refractivity contribution in [2.24, 2.45) is 15.2 Å². The van der Waals surface area contributed by atoms with E-state index in [4.69, 9.17) is 34.8 Å². The van der Waals surface area contributed by atoms with Gasteiger partial charge in [0.2, 0.25) is 0 Å². The van der Waals surface area contributed by atoms with Crippen molar-refractivity contribution in [3.8, 4) is 5.75 Å². The van der Waals surface area contributed by atoms with Crippen LogP contribution in [0.5, 0.6) is 5.75 Å². The number of benzene rings is 4. The number of aliphatic imine (C=N–C) groups is 1. The summed E-state index contributed by atoms with van der Waals surface area (Å²) < 4.78 is 0. The van der Waals surface area contributed by atoms with Gasteiger partial charge in [0.25, 0.3) is 5.69 Å². The molecule has 0 aliphatic heterocycles. The minimum absolute atomic E-state index is 0.0885. The summed E-state index contributed by atoms with van der Waals surface area (Å²) in [6.07, 6.45) is 1.35. The first-order valence-corrected chi connectivity index (χ1v) is 10.6. The molecule has 0 spiro atoms. The molecule has 4 aromatic carbocycles. The maximum Gasteiger partial charge on any atom is 0.296 e. The van der Waals surface area contributed by atoms with Crippen LogP contribution in [0.4, 0.5) is 22.7 Å². The summed E-state index contributed by atoms with van der Waals surface area (Å²) in [5.41, 5.74) is 0.656. The molecule has 0 atom stereocenters. The first-order chi connectivity index (χ1) is 15.8. The van der Waals surface area contributed by atoms with Gasteiger partial charge < -0.3 is 5.11 Å². The molecule has 4 aromatic rings. The van der Waals surface area contributed by atoms with Gasteiger partial charge in [-0.05, 0) is 47.2 Å². The van der Waals surface area contributed by atoms with Crippen LogP contribution in [0, 0.1) is 10.1 Å². The van der Waals surface area contributed by atoms with Gasteiger partial charge in [0, 0.05) is 27.9 Å². The van der Waals surface area contributed by atoms with Gasteiger partial charge in [-0.25, -0.2) is 4.99 Å². The van der Waals surface area contributed by atoms with Gasteiger partial charge in [0.1, 0.15) is 17.1 Å². The molecule has 0 saturated heterocycles. The van der Waals surface area contributed by atoms with Crippen LogP contribution in [0.25, 0.3) is 10.8 Å². The Balaban J connectivity index is 1.83. The molecule has 0 heterocycles. The van der Waals surface area contributed by atoms with Crippen LogP contribution in [0.2, 0.25) is 15.1 Å². The second kappa shape index (κ2) is 9.54. The number of rotatable bonds is 5. The topological polar surface area (TPSA) is 100 Å². The molecule has 0 unspecified atom stereocenters. The van der Waals surface area contributed by atoms with Gasteiger partial charge >= 0.3 is 0 Å². The van der Waals surface area contributed by atoms with Crippen molar-refractivity contribution in [1.82, 2.24) is 0 Å². The van der Waals surface area contributed by atoms with E-state index in [0.717, 1.165) is 5.39 Å². The Morgan fingerprint density at radius 2 is 1.55 bits per heavy atom. The van der Waals surface area contributed by atoms with Crippen LogP contribution in [0.1, 0.15) is 5.56 Å². The molecule has 10 heteroatoms. The largest absolute Gasteiger partial charge is 0.505 e. The number of hydrogen-bond acceptors (Lipinski definition) is 6. The second-order valence-electron chi connectivity index (χ2n) is 6.82. The molecule has 0 saturated carbocycles. The minimum atomic E-state index is -0.574. The highest BCUT2D eigenvalue weighted by Crippen LogP contribution is 2.39. The fourth-order valence-electron chi connectivity index (χ4n) is 3.11. The Labute approximate surface area is 202 Å². The second-order valence-corrected chi connectivity index (χ2v) is 8.10. The van der Waals surface area contributed by atoms with E-state index in [-0.39, 0.29) is 27.8 Å². The summed E-state index contributed by atoms with van der Waals surface area (Å²) in [7, 11) is 0. The zero-order valence-electron chi connectivity index (χ0n) is 16.6. The maximum atomic E-state index is 11.4. The standard InChI is InChI=1S/C23H13Cl3N4O3/c24-14-5-7-18(26)20(10-14)28-29-21-9-13-3-1-2-4-16(13)17(23(21)31)12-27-19-8-6-15(25)11-22(19)30(32)33/h1-12,31H. The maximum absolute atomic E-state index is 11.4. The summed E-state index contributed by atoms with van der Waals surface area (Å²) >= 11 is 18.0. The lowest BCUT2D eigenvalue weighted by Gasteiger charge is -2.08. The zero-order valence-corrected chi connectivity index (χ0v) is 18.9. The number of halogens is 3. The van der Waals surface area contributed by atoms with Crippen LogP contribution in [0.3, 0.4) is 0 Å². The molecule has 33 heavy (non-hydrogen) atoms. The Morgan fingerprint density at radius 3 is 2.33 bits per heavy atom. The quantitative estimate of drug-likeness (QED) is 0.129. The van der Waals surface area contributed by atoms with E-state index in [2.05, 4.69) is 15.2 Å². The third-order valence-electron chi connectivity index (χ3n) is 4.68. The monoisotopic (exact) mass is 498 g/mol. The number of hydrogen-bond donors (Lipinski definition) is 1. The van der Waals surface area contributed by atoms with E-state index in [1.807, 2.05) is 12.1 Å². The molecular formula is C23H13Cl3N4O3. The fraction of sp³-hybridized carbons (Fsp3) is 0.